The number of halogens is 1. The lowest BCUT2D eigenvalue weighted by molar-refractivity contribution is 0.242. The summed E-state index contributed by atoms with van der Waals surface area (Å²) in [5, 5.41) is 9.93. The number of hydrogen-bond donors (Lipinski definition) is 3. The van der Waals surface area contributed by atoms with Crippen molar-refractivity contribution >= 4 is 23.3 Å². The van der Waals surface area contributed by atoms with Crippen molar-refractivity contribution in [2.45, 2.75) is 18.4 Å². The van der Waals surface area contributed by atoms with Crippen LogP contribution in [0.5, 0.6) is 5.88 Å². The molecule has 6 nitrogen and oxygen atoms in total. The Labute approximate surface area is 151 Å². The monoisotopic (exact) mass is 360 g/mol. The van der Waals surface area contributed by atoms with Gasteiger partial charge in [0.15, 0.2) is 0 Å². The molecule has 1 aliphatic heterocycles. The molecule has 3 N–H and O–H groups in total. The van der Waals surface area contributed by atoms with Crippen LogP contribution in [-0.2, 0) is 0 Å². The highest BCUT2D eigenvalue weighted by Crippen LogP contribution is 2.24. The molecular weight excluding hydrogens is 340 g/mol. The number of anilines is 1. The highest BCUT2D eigenvalue weighted by molar-refractivity contribution is 6.30. The third-order valence-corrected chi connectivity index (χ3v) is 4.55. The zero-order chi connectivity index (χ0) is 17.6. The Hall–Kier alpha value is -2.31. The van der Waals surface area contributed by atoms with Gasteiger partial charge in [0.25, 0.3) is 0 Å². The van der Waals surface area contributed by atoms with Gasteiger partial charge in [0.2, 0.25) is 5.88 Å². The summed E-state index contributed by atoms with van der Waals surface area (Å²) in [7, 11) is 1.59. The predicted molar refractivity (Wildman–Crippen MR) is 98.4 cm³/mol. The van der Waals surface area contributed by atoms with E-state index in [1.165, 1.54) is 0 Å². The van der Waals surface area contributed by atoms with Crippen molar-refractivity contribution in [2.24, 2.45) is 0 Å². The van der Waals surface area contributed by atoms with Crippen LogP contribution in [0.25, 0.3) is 0 Å². The number of benzene rings is 1. The molecule has 1 aliphatic rings. The lowest BCUT2D eigenvalue weighted by Crippen LogP contribution is -2.49. The first kappa shape index (κ1) is 17.5. The number of urea groups is 1. The van der Waals surface area contributed by atoms with Crippen LogP contribution in [0.1, 0.15) is 17.9 Å². The molecule has 25 heavy (non-hydrogen) atoms. The Kier molecular flexibility index (Phi) is 5.73. The lowest BCUT2D eigenvalue weighted by Gasteiger charge is -2.33. The molecule has 3 rings (SSSR count). The highest BCUT2D eigenvalue weighted by atomic mass is 35.5. The first-order valence-electron chi connectivity index (χ1n) is 8.19. The van der Waals surface area contributed by atoms with Crippen LogP contribution in [0.3, 0.4) is 0 Å². The van der Waals surface area contributed by atoms with Crippen molar-refractivity contribution in [1.82, 2.24) is 15.6 Å². The van der Waals surface area contributed by atoms with Gasteiger partial charge in [-0.05, 0) is 42.8 Å². The van der Waals surface area contributed by atoms with Crippen molar-refractivity contribution in [2.75, 3.05) is 25.5 Å². The maximum atomic E-state index is 12.3. The Balaban J connectivity index is 1.65. The maximum Gasteiger partial charge on any atom is 0.319 e. The zero-order valence-corrected chi connectivity index (χ0v) is 14.7. The molecule has 0 unspecified atom stereocenters. The first-order valence-corrected chi connectivity index (χ1v) is 8.57. The molecule has 7 heteroatoms. The number of carbonyl (C=O) groups is 1. The van der Waals surface area contributed by atoms with Crippen LogP contribution in [0.15, 0.2) is 42.6 Å². The molecule has 0 saturated carbocycles. The summed E-state index contributed by atoms with van der Waals surface area (Å²) in [6.07, 6.45) is 2.66. The van der Waals surface area contributed by atoms with Crippen molar-refractivity contribution < 1.29 is 9.53 Å². The minimum atomic E-state index is -0.222. The zero-order valence-electron chi connectivity index (χ0n) is 14.0. The molecule has 2 aromatic rings. The average molecular weight is 361 g/mol. The van der Waals surface area contributed by atoms with Gasteiger partial charge in [0.1, 0.15) is 0 Å². The molecule has 2 atom stereocenters. The quantitative estimate of drug-likeness (QED) is 0.783. The maximum absolute atomic E-state index is 12.3. The molecule has 1 aromatic carbocycles. The van der Waals surface area contributed by atoms with Crippen molar-refractivity contribution in [3.8, 4) is 5.88 Å². The van der Waals surface area contributed by atoms with E-state index in [0.717, 1.165) is 25.1 Å². The summed E-state index contributed by atoms with van der Waals surface area (Å²) in [5.74, 6) is 0.737. The Morgan fingerprint density at radius 3 is 2.76 bits per heavy atom. The van der Waals surface area contributed by atoms with Gasteiger partial charge in [-0.3, -0.25) is 0 Å². The van der Waals surface area contributed by atoms with Gasteiger partial charge in [-0.15, -0.1) is 0 Å². The van der Waals surface area contributed by atoms with Gasteiger partial charge >= 0.3 is 6.03 Å². The smallest absolute Gasteiger partial charge is 0.319 e. The molecule has 0 spiro atoms. The summed E-state index contributed by atoms with van der Waals surface area (Å²) in [6, 6.07) is 10.7. The molecule has 0 bridgehead atoms. The minimum absolute atomic E-state index is 0.0312. The van der Waals surface area contributed by atoms with Gasteiger partial charge in [-0.2, -0.15) is 0 Å². The number of nitrogens with zero attached hydrogens (tertiary/aromatic N) is 1. The van der Waals surface area contributed by atoms with Gasteiger partial charge in [0.05, 0.1) is 7.11 Å². The van der Waals surface area contributed by atoms with E-state index >= 15 is 0 Å². The van der Waals surface area contributed by atoms with E-state index < -0.39 is 0 Å². The van der Waals surface area contributed by atoms with Crippen molar-refractivity contribution in [3.63, 3.8) is 0 Å². The van der Waals surface area contributed by atoms with E-state index in [4.69, 9.17) is 16.3 Å². The molecule has 1 aromatic heterocycles. The van der Waals surface area contributed by atoms with Crippen LogP contribution in [0, 0.1) is 0 Å². The number of carbonyl (C=O) groups excluding carboxylic acids is 1. The number of piperidine rings is 1. The first-order chi connectivity index (χ1) is 12.2. The van der Waals surface area contributed by atoms with Crippen LogP contribution in [0.4, 0.5) is 10.5 Å². The second-order valence-electron chi connectivity index (χ2n) is 5.95. The van der Waals surface area contributed by atoms with E-state index in [-0.39, 0.29) is 18.0 Å². The highest BCUT2D eigenvalue weighted by Gasteiger charge is 2.28. The van der Waals surface area contributed by atoms with Gasteiger partial charge in [-0.25, -0.2) is 9.78 Å². The van der Waals surface area contributed by atoms with E-state index in [1.807, 2.05) is 18.3 Å². The van der Waals surface area contributed by atoms with Crippen LogP contribution in [-0.4, -0.2) is 37.3 Å². The Bertz CT molecular complexity index is 706. The van der Waals surface area contributed by atoms with Gasteiger partial charge < -0.3 is 20.7 Å². The summed E-state index contributed by atoms with van der Waals surface area (Å²) in [6.45, 7) is 1.66. The van der Waals surface area contributed by atoms with Gasteiger partial charge in [0, 0.05) is 41.5 Å². The van der Waals surface area contributed by atoms with Crippen molar-refractivity contribution in [1.29, 1.82) is 0 Å². The summed E-state index contributed by atoms with van der Waals surface area (Å²) < 4.78 is 5.11. The summed E-state index contributed by atoms with van der Waals surface area (Å²) >= 11 is 5.86. The predicted octanol–water partition coefficient (Wildman–Crippen LogP) is 3.01. The largest absolute Gasteiger partial charge is 0.481 e. The molecule has 2 heterocycles. The normalized spacial score (nSPS) is 19.9. The topological polar surface area (TPSA) is 75.3 Å². The van der Waals surface area contributed by atoms with E-state index in [2.05, 4.69) is 20.9 Å². The molecule has 0 radical (unpaired) electrons. The number of ether oxygens (including phenoxy) is 1. The number of methoxy groups -OCH3 is 1. The molecule has 1 saturated heterocycles. The Morgan fingerprint density at radius 1 is 1.28 bits per heavy atom. The fourth-order valence-corrected chi connectivity index (χ4v) is 3.11. The average Bonchev–Trinajstić information content (AvgIpc) is 2.64. The number of nitrogens with one attached hydrogen (secondary N) is 3. The second-order valence-corrected chi connectivity index (χ2v) is 6.38. The third-order valence-electron chi connectivity index (χ3n) is 4.30. The molecular formula is C18H21ClN4O2. The van der Waals surface area contributed by atoms with Crippen LogP contribution in [0.2, 0.25) is 5.02 Å². The molecule has 1 fully saturated rings. The summed E-state index contributed by atoms with van der Waals surface area (Å²) in [5.41, 5.74) is 1.78. The summed E-state index contributed by atoms with van der Waals surface area (Å²) in [4.78, 5) is 16.6. The number of rotatable bonds is 4. The van der Waals surface area contributed by atoms with E-state index in [1.54, 1.807) is 31.4 Å². The number of pyridine rings is 1. The van der Waals surface area contributed by atoms with E-state index in [9.17, 15) is 4.79 Å². The molecule has 132 valence electrons. The van der Waals surface area contributed by atoms with Crippen molar-refractivity contribution in [3.05, 3.63) is 53.2 Å². The number of amides is 2. The number of hydrogen-bond acceptors (Lipinski definition) is 4. The third kappa shape index (κ3) is 4.61. The number of aromatic nitrogens is 1. The Morgan fingerprint density at radius 2 is 2.08 bits per heavy atom. The fraction of sp³-hybridized carbons (Fsp3) is 0.333. The minimum Gasteiger partial charge on any atom is -0.481 e. The SMILES string of the molecule is COc1ccc([C@@H]2CNCC[C@H]2NC(=O)Nc2ccc(Cl)cc2)cn1. The second kappa shape index (κ2) is 8.18. The van der Waals surface area contributed by atoms with Crippen LogP contribution >= 0.6 is 11.6 Å². The molecule has 2 amide bonds. The van der Waals surface area contributed by atoms with E-state index in [0.29, 0.717) is 16.6 Å². The van der Waals surface area contributed by atoms with Gasteiger partial charge in [-0.1, -0.05) is 17.7 Å². The fourth-order valence-electron chi connectivity index (χ4n) is 2.98. The van der Waals surface area contributed by atoms with Crippen LogP contribution < -0.4 is 20.7 Å². The lowest BCUT2D eigenvalue weighted by atomic mass is 9.88. The standard InChI is InChI=1S/C18H21ClN4O2/c1-25-17-7-2-12(10-21-17)15-11-20-9-8-16(15)23-18(24)22-14-5-3-13(19)4-6-14/h2-7,10,15-16,20H,8-9,11H2,1H3,(H2,22,23,24)/t15-,16+/m0/s1. The molecule has 0 aliphatic carbocycles.